The maximum atomic E-state index is 12.2. The number of hydrogen-bond acceptors (Lipinski definition) is 4. The third-order valence-electron chi connectivity index (χ3n) is 4.34. The van der Waals surface area contributed by atoms with Crippen LogP contribution >= 0.6 is 0 Å². The van der Waals surface area contributed by atoms with Gasteiger partial charge in [-0.05, 0) is 32.1 Å². The molecule has 0 radical (unpaired) electrons. The number of rotatable bonds is 3. The highest BCUT2D eigenvalue weighted by atomic mass is 16.4. The first-order valence-corrected chi connectivity index (χ1v) is 7.76. The van der Waals surface area contributed by atoms with Gasteiger partial charge in [-0.25, -0.2) is 0 Å². The first-order chi connectivity index (χ1) is 9.88. The van der Waals surface area contributed by atoms with Crippen LogP contribution in [0.5, 0.6) is 0 Å². The number of aliphatic hydroxyl groups excluding tert-OH is 1. The normalized spacial score (nSPS) is 27.4. The minimum absolute atomic E-state index is 0.0581. The fraction of sp³-hybridized carbons (Fsp3) is 0.867. The van der Waals surface area contributed by atoms with Crippen LogP contribution in [-0.2, 0) is 9.59 Å². The Morgan fingerprint density at radius 2 is 1.81 bits per heavy atom. The second kappa shape index (κ2) is 8.34. The van der Waals surface area contributed by atoms with E-state index in [1.54, 1.807) is 0 Å². The molecule has 6 nitrogen and oxygen atoms in total. The Morgan fingerprint density at radius 3 is 2.29 bits per heavy atom. The molecule has 21 heavy (non-hydrogen) atoms. The molecule has 0 aromatic rings. The van der Waals surface area contributed by atoms with Gasteiger partial charge in [0.2, 0.25) is 5.91 Å². The Balaban J connectivity index is 0.000000491. The minimum Gasteiger partial charge on any atom is -0.481 e. The van der Waals surface area contributed by atoms with Crippen molar-refractivity contribution >= 4 is 11.9 Å². The fourth-order valence-corrected chi connectivity index (χ4v) is 3.20. The van der Waals surface area contributed by atoms with Gasteiger partial charge in [-0.3, -0.25) is 9.59 Å². The van der Waals surface area contributed by atoms with Gasteiger partial charge in [0.25, 0.3) is 5.97 Å². The zero-order valence-electron chi connectivity index (χ0n) is 12.8. The Hall–Kier alpha value is -1.14. The van der Waals surface area contributed by atoms with E-state index in [0.29, 0.717) is 0 Å². The summed E-state index contributed by atoms with van der Waals surface area (Å²) in [5.41, 5.74) is 5.57. The van der Waals surface area contributed by atoms with Crippen molar-refractivity contribution in [2.45, 2.75) is 69.9 Å². The third-order valence-corrected chi connectivity index (χ3v) is 4.34. The van der Waals surface area contributed by atoms with Crippen LogP contribution in [0.2, 0.25) is 0 Å². The number of amides is 1. The van der Waals surface area contributed by atoms with E-state index in [2.05, 4.69) is 5.32 Å². The van der Waals surface area contributed by atoms with Crippen molar-refractivity contribution in [1.82, 2.24) is 5.32 Å². The average molecular weight is 300 g/mol. The maximum absolute atomic E-state index is 12.2. The molecule has 1 amide bonds. The van der Waals surface area contributed by atoms with E-state index in [9.17, 15) is 9.90 Å². The van der Waals surface area contributed by atoms with Crippen molar-refractivity contribution in [3.63, 3.8) is 0 Å². The molecule has 0 saturated heterocycles. The van der Waals surface area contributed by atoms with Gasteiger partial charge in [0.15, 0.2) is 0 Å². The molecule has 2 aliphatic carbocycles. The highest BCUT2D eigenvalue weighted by Gasteiger charge is 2.37. The van der Waals surface area contributed by atoms with Crippen molar-refractivity contribution in [1.29, 1.82) is 0 Å². The standard InChI is InChI=1S/C13H24N2O2.C2H4O2/c14-11-5-3-4-10(8-11)12(17)15-13(9-16)6-1-2-7-13;1-2(3)4/h10-11,16H,1-9,14H2,(H,15,17);1H3,(H,3,4)/t10-,11+;/m1./s1. The van der Waals surface area contributed by atoms with E-state index in [-0.39, 0.29) is 30.0 Å². The molecule has 122 valence electrons. The Labute approximate surface area is 126 Å². The molecule has 5 N–H and O–H groups in total. The maximum Gasteiger partial charge on any atom is 0.300 e. The second-order valence-electron chi connectivity index (χ2n) is 6.28. The van der Waals surface area contributed by atoms with Crippen molar-refractivity contribution in [2.24, 2.45) is 11.7 Å². The largest absolute Gasteiger partial charge is 0.481 e. The van der Waals surface area contributed by atoms with Crippen molar-refractivity contribution in [3.8, 4) is 0 Å². The summed E-state index contributed by atoms with van der Waals surface area (Å²) in [7, 11) is 0. The number of hydrogen-bond donors (Lipinski definition) is 4. The van der Waals surface area contributed by atoms with E-state index in [1.807, 2.05) is 0 Å². The molecule has 2 fully saturated rings. The Kier molecular flexibility index (Phi) is 7.11. The highest BCUT2D eigenvalue weighted by Crippen LogP contribution is 2.31. The lowest BCUT2D eigenvalue weighted by molar-refractivity contribution is -0.134. The fourth-order valence-electron chi connectivity index (χ4n) is 3.20. The molecule has 2 saturated carbocycles. The van der Waals surface area contributed by atoms with Crippen LogP contribution in [0, 0.1) is 5.92 Å². The summed E-state index contributed by atoms with van der Waals surface area (Å²) in [6.45, 7) is 1.15. The first kappa shape index (κ1) is 17.9. The van der Waals surface area contributed by atoms with Crippen LogP contribution in [0.15, 0.2) is 0 Å². The monoisotopic (exact) mass is 300 g/mol. The van der Waals surface area contributed by atoms with Crippen LogP contribution in [0.4, 0.5) is 0 Å². The predicted molar refractivity (Wildman–Crippen MR) is 79.7 cm³/mol. The van der Waals surface area contributed by atoms with Gasteiger partial charge in [-0.2, -0.15) is 0 Å². The number of nitrogens with two attached hydrogens (primary N) is 1. The molecular weight excluding hydrogens is 272 g/mol. The molecule has 2 aliphatic rings. The first-order valence-electron chi connectivity index (χ1n) is 7.76. The smallest absolute Gasteiger partial charge is 0.300 e. The highest BCUT2D eigenvalue weighted by molar-refractivity contribution is 5.79. The lowest BCUT2D eigenvalue weighted by Crippen LogP contribution is -2.52. The molecule has 0 bridgehead atoms. The molecule has 0 aromatic carbocycles. The SMILES string of the molecule is CC(=O)O.N[C@H]1CCC[C@@H](C(=O)NC2(CO)CCCC2)C1. The van der Waals surface area contributed by atoms with Gasteiger partial charge >= 0.3 is 0 Å². The van der Waals surface area contributed by atoms with E-state index in [1.165, 1.54) is 0 Å². The number of carboxylic acids is 1. The summed E-state index contributed by atoms with van der Waals surface area (Å²) in [6, 6.07) is 0.174. The van der Waals surface area contributed by atoms with Gasteiger partial charge in [0.05, 0.1) is 12.1 Å². The lowest BCUT2D eigenvalue weighted by atomic mass is 9.84. The summed E-state index contributed by atoms with van der Waals surface area (Å²) in [4.78, 5) is 21.2. The van der Waals surface area contributed by atoms with Gasteiger partial charge in [-0.15, -0.1) is 0 Å². The van der Waals surface area contributed by atoms with Crippen molar-refractivity contribution in [3.05, 3.63) is 0 Å². The van der Waals surface area contributed by atoms with Gasteiger partial charge < -0.3 is 21.3 Å². The van der Waals surface area contributed by atoms with Crippen LogP contribution in [0.25, 0.3) is 0 Å². The second-order valence-corrected chi connectivity index (χ2v) is 6.28. The van der Waals surface area contributed by atoms with E-state index < -0.39 is 5.97 Å². The molecule has 0 aliphatic heterocycles. The molecule has 0 aromatic heterocycles. The third kappa shape index (κ3) is 6.01. The summed E-state index contributed by atoms with van der Waals surface area (Å²) >= 11 is 0. The number of carboxylic acid groups (broad SMARTS) is 1. The molecule has 0 heterocycles. The predicted octanol–water partition coefficient (Wildman–Crippen LogP) is 1.02. The number of aliphatic carboxylic acids is 1. The van der Waals surface area contributed by atoms with Crippen LogP contribution in [-0.4, -0.2) is 40.3 Å². The van der Waals surface area contributed by atoms with Gasteiger partial charge in [-0.1, -0.05) is 19.3 Å². The van der Waals surface area contributed by atoms with Crippen LogP contribution in [0.3, 0.4) is 0 Å². The average Bonchev–Trinajstić information content (AvgIpc) is 2.87. The topological polar surface area (TPSA) is 113 Å². The quantitative estimate of drug-likeness (QED) is 0.621. The number of nitrogens with one attached hydrogen (secondary N) is 1. The van der Waals surface area contributed by atoms with Crippen molar-refractivity contribution < 1.29 is 19.8 Å². The molecule has 2 rings (SSSR count). The number of aliphatic hydroxyl groups is 1. The van der Waals surface area contributed by atoms with Gasteiger partial charge in [0.1, 0.15) is 0 Å². The zero-order valence-corrected chi connectivity index (χ0v) is 12.8. The molecule has 0 spiro atoms. The lowest BCUT2D eigenvalue weighted by Gasteiger charge is -2.32. The van der Waals surface area contributed by atoms with Crippen LogP contribution < -0.4 is 11.1 Å². The van der Waals surface area contributed by atoms with E-state index >= 15 is 0 Å². The minimum atomic E-state index is -0.833. The van der Waals surface area contributed by atoms with Crippen LogP contribution in [0.1, 0.15) is 58.3 Å². The van der Waals surface area contributed by atoms with Gasteiger partial charge in [0, 0.05) is 18.9 Å². The summed E-state index contributed by atoms with van der Waals surface area (Å²) < 4.78 is 0. The van der Waals surface area contributed by atoms with E-state index in [4.69, 9.17) is 15.6 Å². The van der Waals surface area contributed by atoms with Crippen molar-refractivity contribution in [2.75, 3.05) is 6.61 Å². The van der Waals surface area contributed by atoms with E-state index in [0.717, 1.165) is 58.3 Å². The zero-order chi connectivity index (χ0) is 15.9. The number of carbonyl (C=O) groups is 2. The molecule has 6 heteroatoms. The Morgan fingerprint density at radius 1 is 1.24 bits per heavy atom. The summed E-state index contributed by atoms with van der Waals surface area (Å²) in [5, 5.41) is 20.0. The number of carbonyl (C=O) groups excluding carboxylic acids is 1. The molecular formula is C15H28N2O4. The molecule has 2 atom stereocenters. The summed E-state index contributed by atoms with van der Waals surface area (Å²) in [6.07, 6.45) is 7.85. The summed E-state index contributed by atoms with van der Waals surface area (Å²) in [5.74, 6) is -0.668. The molecule has 0 unspecified atom stereocenters. The Bertz CT molecular complexity index is 350.